The number of rotatable bonds is 6. The van der Waals surface area contributed by atoms with Gasteiger partial charge in [0.05, 0.1) is 12.7 Å². The summed E-state index contributed by atoms with van der Waals surface area (Å²) >= 11 is 0. The number of fused-ring (bicyclic) bond motifs is 1. The minimum Gasteiger partial charge on any atom is -0.496 e. The van der Waals surface area contributed by atoms with Gasteiger partial charge >= 0.3 is 5.97 Å². The number of hydrogen-bond donors (Lipinski definition) is 2. The molecule has 182 valence electrons. The maximum Gasteiger partial charge on any atom is 0.338 e. The van der Waals surface area contributed by atoms with E-state index in [1.165, 1.54) is 19.2 Å². The number of carbonyl (C=O) groups excluding carboxylic acids is 2. The van der Waals surface area contributed by atoms with E-state index >= 15 is 0 Å². The number of ether oxygens (including phenoxy) is 2. The number of cyclic esters (lactones) is 1. The van der Waals surface area contributed by atoms with Gasteiger partial charge in [0.15, 0.2) is 0 Å². The Morgan fingerprint density at radius 3 is 2.67 bits per heavy atom. The second-order valence-electron chi connectivity index (χ2n) is 9.18. The fourth-order valence-electron chi connectivity index (χ4n) is 4.60. The summed E-state index contributed by atoms with van der Waals surface area (Å²) in [4.78, 5) is 25.3. The molecule has 1 saturated carbocycles. The van der Waals surface area contributed by atoms with Crippen LogP contribution in [-0.4, -0.2) is 29.7 Å². The second-order valence-corrected chi connectivity index (χ2v) is 9.18. The summed E-state index contributed by atoms with van der Waals surface area (Å²) in [6, 6.07) is 18.1. The normalized spacial score (nSPS) is 16.6. The van der Waals surface area contributed by atoms with Crippen LogP contribution in [0.1, 0.15) is 46.3 Å². The molecule has 2 aliphatic rings. The number of anilines is 1. The van der Waals surface area contributed by atoms with Crippen molar-refractivity contribution in [3.63, 3.8) is 0 Å². The van der Waals surface area contributed by atoms with Gasteiger partial charge in [-0.25, -0.2) is 9.18 Å². The summed E-state index contributed by atoms with van der Waals surface area (Å²) in [5.41, 5.74) is 0.00120. The van der Waals surface area contributed by atoms with E-state index in [1.54, 1.807) is 36.4 Å². The number of benzene rings is 3. The van der Waals surface area contributed by atoms with Gasteiger partial charge in [-0.1, -0.05) is 30.0 Å². The highest BCUT2D eigenvalue weighted by atomic mass is 19.1. The highest BCUT2D eigenvalue weighted by molar-refractivity contribution is 6.01. The van der Waals surface area contributed by atoms with E-state index < -0.39 is 28.7 Å². The van der Waals surface area contributed by atoms with Crippen LogP contribution in [0, 0.1) is 17.7 Å². The van der Waals surface area contributed by atoms with Crippen molar-refractivity contribution in [1.82, 2.24) is 0 Å². The number of halogens is 1. The Morgan fingerprint density at radius 1 is 1.17 bits per heavy atom. The Balaban J connectivity index is 1.49. The van der Waals surface area contributed by atoms with Crippen molar-refractivity contribution >= 4 is 17.6 Å². The molecule has 6 nitrogen and oxygen atoms in total. The molecule has 0 saturated heterocycles. The average molecular weight is 486 g/mol. The van der Waals surface area contributed by atoms with Gasteiger partial charge in [0.1, 0.15) is 18.2 Å². The Kier molecular flexibility index (Phi) is 5.99. The van der Waals surface area contributed by atoms with E-state index in [0.717, 1.165) is 0 Å². The Morgan fingerprint density at radius 2 is 1.94 bits per heavy atom. The van der Waals surface area contributed by atoms with Gasteiger partial charge in [-0.15, -0.1) is 0 Å². The van der Waals surface area contributed by atoms with Crippen LogP contribution >= 0.6 is 0 Å². The molecule has 1 aliphatic heterocycles. The summed E-state index contributed by atoms with van der Waals surface area (Å²) in [5, 5.41) is 14.5. The SMILES string of the molecule is COc1ccc(F)cc1C1(CC(O)(C#Cc2ccccc2)C(=O)Nc2ccc3c(c2)COC3=O)CC1. The molecule has 1 atom stereocenters. The van der Waals surface area contributed by atoms with Crippen LogP contribution in [0.2, 0.25) is 0 Å². The fraction of sp³-hybridized carbons (Fsp3) is 0.241. The third-order valence-electron chi connectivity index (χ3n) is 6.69. The van der Waals surface area contributed by atoms with E-state index in [9.17, 15) is 19.1 Å². The third-order valence-corrected chi connectivity index (χ3v) is 6.69. The zero-order valence-electron chi connectivity index (χ0n) is 19.6. The predicted molar refractivity (Wildman–Crippen MR) is 131 cm³/mol. The second kappa shape index (κ2) is 9.14. The van der Waals surface area contributed by atoms with Crippen LogP contribution < -0.4 is 10.1 Å². The van der Waals surface area contributed by atoms with Crippen molar-refractivity contribution in [3.8, 4) is 17.6 Å². The highest BCUT2D eigenvalue weighted by Crippen LogP contribution is 2.56. The van der Waals surface area contributed by atoms with Crippen LogP contribution in [0.4, 0.5) is 10.1 Å². The van der Waals surface area contributed by atoms with Gasteiger partial charge in [0.25, 0.3) is 5.91 Å². The molecule has 1 fully saturated rings. The largest absolute Gasteiger partial charge is 0.496 e. The van der Waals surface area contributed by atoms with E-state index in [0.29, 0.717) is 46.5 Å². The summed E-state index contributed by atoms with van der Waals surface area (Å²) in [6.07, 6.45) is 1.25. The number of methoxy groups -OCH3 is 1. The molecule has 0 radical (unpaired) electrons. The van der Waals surface area contributed by atoms with Crippen molar-refractivity contribution in [2.75, 3.05) is 12.4 Å². The molecule has 3 aromatic rings. The predicted octanol–water partition coefficient (Wildman–Crippen LogP) is 4.35. The van der Waals surface area contributed by atoms with Gasteiger partial charge < -0.3 is 19.9 Å². The Labute approximate surface area is 208 Å². The lowest BCUT2D eigenvalue weighted by molar-refractivity contribution is -0.130. The van der Waals surface area contributed by atoms with E-state index in [-0.39, 0.29) is 13.0 Å². The van der Waals surface area contributed by atoms with Gasteiger partial charge in [-0.3, -0.25) is 4.79 Å². The van der Waals surface area contributed by atoms with E-state index in [4.69, 9.17) is 9.47 Å². The smallest absolute Gasteiger partial charge is 0.338 e. The van der Waals surface area contributed by atoms with Crippen molar-refractivity contribution in [1.29, 1.82) is 0 Å². The monoisotopic (exact) mass is 485 g/mol. The van der Waals surface area contributed by atoms with E-state index in [2.05, 4.69) is 17.2 Å². The molecule has 0 bridgehead atoms. The minimum absolute atomic E-state index is 0.0436. The van der Waals surface area contributed by atoms with Gasteiger partial charge in [0, 0.05) is 34.2 Å². The molecule has 0 aromatic heterocycles. The lowest BCUT2D eigenvalue weighted by atomic mass is 9.82. The van der Waals surface area contributed by atoms with Crippen LogP contribution in [0.15, 0.2) is 66.7 Å². The molecule has 5 rings (SSSR count). The van der Waals surface area contributed by atoms with Crippen LogP contribution in [0.3, 0.4) is 0 Å². The maximum atomic E-state index is 14.2. The number of esters is 1. The quantitative estimate of drug-likeness (QED) is 0.401. The first-order chi connectivity index (χ1) is 17.3. The number of carbonyl (C=O) groups is 2. The molecule has 1 heterocycles. The Bertz CT molecular complexity index is 1400. The summed E-state index contributed by atoms with van der Waals surface area (Å²) in [7, 11) is 1.50. The Hall–Kier alpha value is -4.15. The molecular formula is C29H24FNO5. The fourth-order valence-corrected chi connectivity index (χ4v) is 4.60. The standard InChI is InChI=1S/C29H24FNO5/c1-35-25-10-7-21(30)16-24(25)28(13-14-28)18-29(34,12-11-19-5-3-2-4-6-19)27(33)31-22-8-9-23-20(15-22)17-36-26(23)32/h2-10,15-16,34H,13-14,17-18H2,1H3,(H,31,33). The molecule has 36 heavy (non-hydrogen) atoms. The molecule has 2 N–H and O–H groups in total. The van der Waals surface area contributed by atoms with Crippen LogP contribution in [0.25, 0.3) is 0 Å². The maximum absolute atomic E-state index is 14.2. The van der Waals surface area contributed by atoms with Gasteiger partial charge in [-0.2, -0.15) is 0 Å². The molecule has 7 heteroatoms. The number of amides is 1. The van der Waals surface area contributed by atoms with Crippen molar-refractivity contribution in [2.45, 2.75) is 36.9 Å². The number of nitrogens with one attached hydrogen (secondary N) is 1. The molecule has 1 amide bonds. The first-order valence-corrected chi connectivity index (χ1v) is 11.6. The number of hydrogen-bond acceptors (Lipinski definition) is 5. The molecular weight excluding hydrogens is 461 g/mol. The van der Waals surface area contributed by atoms with Gasteiger partial charge in [0.2, 0.25) is 5.60 Å². The first kappa shape index (κ1) is 23.6. The lowest BCUT2D eigenvalue weighted by Gasteiger charge is -2.28. The molecule has 1 aliphatic carbocycles. The van der Waals surface area contributed by atoms with Gasteiger partial charge in [-0.05, 0) is 61.4 Å². The van der Waals surface area contributed by atoms with Crippen molar-refractivity contribution in [2.24, 2.45) is 0 Å². The van der Waals surface area contributed by atoms with Crippen LogP contribution in [-0.2, 0) is 21.6 Å². The summed E-state index contributed by atoms with van der Waals surface area (Å²) in [6.45, 7) is 0.123. The molecule has 1 unspecified atom stereocenters. The zero-order valence-corrected chi connectivity index (χ0v) is 19.6. The average Bonchev–Trinajstić information content (AvgIpc) is 3.57. The zero-order chi connectivity index (χ0) is 25.3. The van der Waals surface area contributed by atoms with Crippen molar-refractivity contribution in [3.05, 3.63) is 94.8 Å². The molecule has 0 spiro atoms. The highest BCUT2D eigenvalue weighted by Gasteiger charge is 2.53. The van der Waals surface area contributed by atoms with E-state index in [1.807, 2.05) is 18.2 Å². The van der Waals surface area contributed by atoms with Crippen molar-refractivity contribution < 1.29 is 28.6 Å². The lowest BCUT2D eigenvalue weighted by Crippen LogP contribution is -2.44. The number of aliphatic hydroxyl groups is 1. The first-order valence-electron chi connectivity index (χ1n) is 11.6. The summed E-state index contributed by atoms with van der Waals surface area (Å²) in [5.74, 6) is 4.66. The minimum atomic E-state index is -2.09. The third kappa shape index (κ3) is 4.56. The topological polar surface area (TPSA) is 84.9 Å². The molecule has 3 aromatic carbocycles. The summed E-state index contributed by atoms with van der Waals surface area (Å²) < 4.78 is 24.6. The van der Waals surface area contributed by atoms with Crippen LogP contribution in [0.5, 0.6) is 5.75 Å².